The second kappa shape index (κ2) is 26.0. The van der Waals surface area contributed by atoms with Crippen molar-refractivity contribution in [1.29, 1.82) is 0 Å². The molecule has 0 aliphatic heterocycles. The number of anilines is 1. The molecule has 1 rings (SSSR count). The quantitative estimate of drug-likeness (QED) is 0.0349. The third-order valence-corrected chi connectivity index (χ3v) is 8.36. The third kappa shape index (κ3) is 21.6. The molecule has 3 atom stereocenters. The average molecular weight is 689 g/mol. The Hall–Kier alpha value is -3.95. The fraction of sp³-hybridized carbons (Fsp3) is 0.676. The maximum absolute atomic E-state index is 12.5. The number of hydrogen-bond acceptors (Lipinski definition) is 8. The van der Waals surface area contributed by atoms with E-state index in [1.54, 1.807) is 0 Å². The number of carbonyl (C=O) groups excluding carboxylic acids is 3. The van der Waals surface area contributed by atoms with Gasteiger partial charge in [0, 0.05) is 31.9 Å². The van der Waals surface area contributed by atoms with E-state index in [2.05, 4.69) is 25.9 Å². The zero-order valence-corrected chi connectivity index (χ0v) is 29.5. The van der Waals surface area contributed by atoms with Gasteiger partial charge in [-0.3, -0.25) is 24.4 Å². The Balaban J connectivity index is 2.54. The molecule has 0 aliphatic rings. The molecule has 0 saturated carbocycles. The molecule has 17 N–H and O–H groups in total. The molecule has 0 aromatic heterocycles. The molecule has 0 unspecified atom stereocenters. The van der Waals surface area contributed by atoms with Crippen LogP contribution in [0.1, 0.15) is 96.0 Å². The van der Waals surface area contributed by atoms with Crippen LogP contribution in [0.4, 0.5) is 5.69 Å². The Bertz CT molecular complexity index is 1090. The number of nitrogens with one attached hydrogen (secondary N) is 3. The fourth-order valence-electron chi connectivity index (χ4n) is 5.30. The molecule has 0 spiro atoms. The minimum atomic E-state index is -0.564. The Morgan fingerprint density at radius 2 is 1.08 bits per heavy atom. The second-order valence-electron chi connectivity index (χ2n) is 12.6. The van der Waals surface area contributed by atoms with E-state index in [-0.39, 0.29) is 29.6 Å². The van der Waals surface area contributed by atoms with Crippen LogP contribution in [0, 0.1) is 5.92 Å². The summed E-state index contributed by atoms with van der Waals surface area (Å²) in [5.41, 5.74) is 41.2. The van der Waals surface area contributed by atoms with E-state index in [1.807, 2.05) is 31.2 Å². The molecular weight excluding hydrogens is 624 g/mol. The first-order valence-electron chi connectivity index (χ1n) is 17.8. The number of hydrogen-bond donors (Lipinski definition) is 10. The molecular formula is C34H64N12O3. The molecule has 0 saturated heterocycles. The van der Waals surface area contributed by atoms with Gasteiger partial charge in [-0.25, -0.2) is 0 Å². The van der Waals surface area contributed by atoms with Crippen molar-refractivity contribution in [2.75, 3.05) is 31.5 Å². The lowest BCUT2D eigenvalue weighted by molar-refractivity contribution is -0.123. The second-order valence-corrected chi connectivity index (χ2v) is 12.6. The molecule has 3 amide bonds. The highest BCUT2D eigenvalue weighted by molar-refractivity contribution is 5.94. The van der Waals surface area contributed by atoms with Crippen molar-refractivity contribution < 1.29 is 14.4 Å². The maximum atomic E-state index is 12.5. The zero-order chi connectivity index (χ0) is 36.4. The van der Waals surface area contributed by atoms with E-state index < -0.39 is 18.1 Å². The minimum Gasteiger partial charge on any atom is -0.370 e. The van der Waals surface area contributed by atoms with Gasteiger partial charge in [0.05, 0.1) is 18.1 Å². The molecule has 0 fully saturated rings. The van der Waals surface area contributed by atoms with Gasteiger partial charge in [0.1, 0.15) is 0 Å². The molecule has 15 heteroatoms. The van der Waals surface area contributed by atoms with Crippen LogP contribution in [0.15, 0.2) is 34.3 Å². The Morgan fingerprint density at radius 1 is 0.612 bits per heavy atom. The van der Waals surface area contributed by atoms with E-state index in [1.165, 1.54) is 5.56 Å². The highest BCUT2D eigenvalue weighted by atomic mass is 16.2. The van der Waals surface area contributed by atoms with Crippen LogP contribution in [0.2, 0.25) is 0 Å². The van der Waals surface area contributed by atoms with Crippen LogP contribution in [0.3, 0.4) is 0 Å². The predicted molar refractivity (Wildman–Crippen MR) is 199 cm³/mol. The van der Waals surface area contributed by atoms with Crippen LogP contribution in [0.25, 0.3) is 0 Å². The van der Waals surface area contributed by atoms with Gasteiger partial charge in [-0.05, 0) is 107 Å². The molecule has 0 aliphatic carbocycles. The van der Waals surface area contributed by atoms with Crippen molar-refractivity contribution >= 4 is 35.3 Å². The van der Waals surface area contributed by atoms with E-state index >= 15 is 0 Å². The van der Waals surface area contributed by atoms with Gasteiger partial charge in [0.2, 0.25) is 17.7 Å². The molecule has 15 nitrogen and oxygen atoms in total. The summed E-state index contributed by atoms with van der Waals surface area (Å²) in [4.78, 5) is 44.9. The number of benzene rings is 1. The van der Waals surface area contributed by atoms with Crippen molar-refractivity contribution in [2.24, 2.45) is 56.0 Å². The number of amides is 3. The summed E-state index contributed by atoms with van der Waals surface area (Å²) in [6.07, 6.45) is 11.2. The van der Waals surface area contributed by atoms with Crippen LogP contribution in [-0.4, -0.2) is 73.9 Å². The van der Waals surface area contributed by atoms with Gasteiger partial charge in [0.25, 0.3) is 0 Å². The Morgan fingerprint density at radius 3 is 1.53 bits per heavy atom. The smallest absolute Gasteiger partial charge is 0.241 e. The molecule has 1 aromatic carbocycles. The molecule has 49 heavy (non-hydrogen) atoms. The summed E-state index contributed by atoms with van der Waals surface area (Å²) in [6.45, 7) is 4.03. The normalized spacial score (nSPS) is 12.8. The third-order valence-electron chi connectivity index (χ3n) is 8.36. The van der Waals surface area contributed by atoms with E-state index in [0.29, 0.717) is 51.4 Å². The summed E-state index contributed by atoms with van der Waals surface area (Å²) in [6, 6.07) is 6.22. The summed E-state index contributed by atoms with van der Waals surface area (Å²) < 4.78 is 0. The van der Waals surface area contributed by atoms with Gasteiger partial charge < -0.3 is 56.1 Å². The Labute approximate surface area is 292 Å². The lowest BCUT2D eigenvalue weighted by Crippen LogP contribution is -2.41. The van der Waals surface area contributed by atoms with E-state index in [0.717, 1.165) is 76.3 Å². The van der Waals surface area contributed by atoms with Crippen LogP contribution in [-0.2, 0) is 20.8 Å². The van der Waals surface area contributed by atoms with E-state index in [9.17, 15) is 14.4 Å². The summed E-state index contributed by atoms with van der Waals surface area (Å²) in [5.74, 6) is 0.0680. The lowest BCUT2D eigenvalue weighted by atomic mass is 9.91. The van der Waals surface area contributed by atoms with Gasteiger partial charge >= 0.3 is 0 Å². The highest BCUT2D eigenvalue weighted by Crippen LogP contribution is 2.21. The summed E-state index contributed by atoms with van der Waals surface area (Å²) >= 11 is 0. The Kier molecular flexibility index (Phi) is 22.8. The number of unbranched alkanes of at least 4 members (excludes halogenated alkanes) is 2. The lowest BCUT2D eigenvalue weighted by Gasteiger charge is -2.19. The number of nitrogens with two attached hydrogens (primary N) is 7. The fourth-order valence-corrected chi connectivity index (χ4v) is 5.30. The number of nitrogens with zero attached hydrogens (tertiary/aromatic N) is 2. The molecule has 1 aromatic rings. The van der Waals surface area contributed by atoms with Gasteiger partial charge in [-0.15, -0.1) is 0 Å². The average Bonchev–Trinajstić information content (AvgIpc) is 3.07. The zero-order valence-electron chi connectivity index (χ0n) is 29.5. The first kappa shape index (κ1) is 43.1. The van der Waals surface area contributed by atoms with Crippen LogP contribution >= 0.6 is 0 Å². The van der Waals surface area contributed by atoms with Crippen molar-refractivity contribution in [3.8, 4) is 0 Å². The first-order chi connectivity index (χ1) is 23.4. The summed E-state index contributed by atoms with van der Waals surface area (Å²) in [5, 5.41) is 8.80. The van der Waals surface area contributed by atoms with Crippen LogP contribution < -0.4 is 56.1 Å². The van der Waals surface area contributed by atoms with Crippen molar-refractivity contribution in [3.63, 3.8) is 0 Å². The van der Waals surface area contributed by atoms with Crippen molar-refractivity contribution in [1.82, 2.24) is 10.6 Å². The number of carbonyl (C=O) groups is 3. The monoisotopic (exact) mass is 689 g/mol. The largest absolute Gasteiger partial charge is 0.370 e. The van der Waals surface area contributed by atoms with Gasteiger partial charge in [0.15, 0.2) is 11.9 Å². The summed E-state index contributed by atoms with van der Waals surface area (Å²) in [7, 11) is 0. The number of aliphatic imine (C=N–C) groups is 2. The van der Waals surface area contributed by atoms with Crippen LogP contribution in [0.5, 0.6) is 0 Å². The maximum Gasteiger partial charge on any atom is 0.241 e. The van der Waals surface area contributed by atoms with E-state index in [4.69, 9.17) is 40.1 Å². The highest BCUT2D eigenvalue weighted by Gasteiger charge is 2.16. The molecule has 278 valence electrons. The number of rotatable bonds is 27. The molecule has 0 radical (unpaired) electrons. The molecule has 0 heterocycles. The SMILES string of the molecule is CC[C@H](N)C(=O)Nc1ccc(CCCC(CCCNC(=O)[C@@H](N)CCCCN=C(N)N)CCCNC(=O)[C@@H](N)CCCCN=C(N)N)cc1. The minimum absolute atomic E-state index is 0.0619. The number of guanidine groups is 2. The first-order valence-corrected chi connectivity index (χ1v) is 17.8. The topological polar surface area (TPSA) is 294 Å². The number of aryl methyl sites for hydroxylation is 1. The predicted octanol–water partition coefficient (Wildman–Crippen LogP) is 0.636. The van der Waals surface area contributed by atoms with Gasteiger partial charge in [-0.1, -0.05) is 25.5 Å². The standard InChI is InChI=1S/C34H64N12O3/c1-2-27(35)32(49)46-26-18-16-25(17-19-26)11-7-10-24(12-8-22-42-30(47)28(36)14-3-5-20-44-33(38)39)13-9-23-43-31(48)29(37)15-4-6-21-45-34(40)41/h16-19,24,27-29H,2-15,20-23,35-37H2,1H3,(H,42,47)(H,43,48)(H,46,49)(H4,38,39,44)(H4,40,41,45)/t27-,28-,29-/m0/s1. The molecule has 0 bridgehead atoms. The van der Waals surface area contributed by atoms with Gasteiger partial charge in [-0.2, -0.15) is 0 Å². The van der Waals surface area contributed by atoms with Crippen molar-refractivity contribution in [2.45, 2.75) is 115 Å². The van der Waals surface area contributed by atoms with Crippen molar-refractivity contribution in [3.05, 3.63) is 29.8 Å².